The summed E-state index contributed by atoms with van der Waals surface area (Å²) >= 11 is 0. The van der Waals surface area contributed by atoms with Gasteiger partial charge < -0.3 is 9.64 Å². The molecule has 0 bridgehead atoms. The van der Waals surface area contributed by atoms with Gasteiger partial charge in [0.05, 0.1) is 12.2 Å². The summed E-state index contributed by atoms with van der Waals surface area (Å²) in [6, 6.07) is 5.67. The summed E-state index contributed by atoms with van der Waals surface area (Å²) in [4.78, 5) is 24.5. The Hall–Kier alpha value is -1.91. The topological polar surface area (TPSA) is 46.6 Å². The highest BCUT2D eigenvalue weighted by Crippen LogP contribution is 2.09. The van der Waals surface area contributed by atoms with Crippen molar-refractivity contribution in [2.24, 2.45) is 0 Å². The van der Waals surface area contributed by atoms with Crippen LogP contribution in [0.15, 0.2) is 24.3 Å². The summed E-state index contributed by atoms with van der Waals surface area (Å²) in [5, 5.41) is 0. The Labute approximate surface area is 112 Å². The van der Waals surface area contributed by atoms with Crippen LogP contribution in [0.3, 0.4) is 0 Å². The van der Waals surface area contributed by atoms with Crippen molar-refractivity contribution in [2.45, 2.75) is 19.8 Å². The molecular weight excluding hydrogens is 249 g/mol. The molecule has 1 aromatic carbocycles. The lowest BCUT2D eigenvalue weighted by molar-refractivity contribution is -0.144. The maximum atomic E-state index is 13.4. The Morgan fingerprint density at radius 1 is 1.32 bits per heavy atom. The van der Waals surface area contributed by atoms with Gasteiger partial charge in [0.2, 0.25) is 0 Å². The number of esters is 1. The molecular formula is C14H18FNO3. The quantitative estimate of drug-likeness (QED) is 0.586. The lowest BCUT2D eigenvalue weighted by atomic mass is 10.2. The second-order valence-corrected chi connectivity index (χ2v) is 4.22. The lowest BCUT2D eigenvalue weighted by Crippen LogP contribution is -2.33. The minimum absolute atomic E-state index is 0.0497. The maximum absolute atomic E-state index is 13.4. The van der Waals surface area contributed by atoms with E-state index in [0.717, 1.165) is 17.7 Å². The molecule has 0 aliphatic carbocycles. The van der Waals surface area contributed by atoms with Crippen molar-refractivity contribution in [1.82, 2.24) is 4.90 Å². The fraction of sp³-hybridized carbons (Fsp3) is 0.429. The molecule has 1 aromatic rings. The second kappa shape index (κ2) is 7.51. The summed E-state index contributed by atoms with van der Waals surface area (Å²) in [6.07, 6.45) is 1.72. The van der Waals surface area contributed by atoms with E-state index in [1.54, 1.807) is 6.07 Å². The van der Waals surface area contributed by atoms with Gasteiger partial charge in [-0.1, -0.05) is 25.5 Å². The molecule has 0 aliphatic rings. The van der Waals surface area contributed by atoms with E-state index in [2.05, 4.69) is 0 Å². The number of halogens is 1. The number of rotatable bonds is 6. The Morgan fingerprint density at radius 3 is 2.63 bits per heavy atom. The highest BCUT2D eigenvalue weighted by Gasteiger charge is 2.18. The molecule has 0 fully saturated rings. The third-order valence-corrected chi connectivity index (χ3v) is 2.58. The Balaban J connectivity index is 2.54. The fourth-order valence-corrected chi connectivity index (χ4v) is 1.48. The van der Waals surface area contributed by atoms with Crippen LogP contribution in [0.2, 0.25) is 0 Å². The van der Waals surface area contributed by atoms with Gasteiger partial charge in [0.25, 0.3) is 5.91 Å². The molecule has 4 nitrogen and oxygen atoms in total. The minimum atomic E-state index is -0.598. The largest absolute Gasteiger partial charge is 0.464 e. The van der Waals surface area contributed by atoms with Gasteiger partial charge in [-0.05, 0) is 18.6 Å². The molecule has 0 radical (unpaired) electrons. The Kier molecular flexibility index (Phi) is 5.99. The highest BCUT2D eigenvalue weighted by molar-refractivity contribution is 5.96. The van der Waals surface area contributed by atoms with Crippen molar-refractivity contribution in [3.8, 4) is 0 Å². The normalized spacial score (nSPS) is 10.1. The van der Waals surface area contributed by atoms with Crippen molar-refractivity contribution in [3.63, 3.8) is 0 Å². The number of benzene rings is 1. The predicted molar refractivity (Wildman–Crippen MR) is 69.2 cm³/mol. The van der Waals surface area contributed by atoms with Crippen molar-refractivity contribution >= 4 is 11.9 Å². The minimum Gasteiger partial charge on any atom is -0.464 e. The number of ether oxygens (including phenoxy) is 1. The molecule has 0 atom stereocenters. The van der Waals surface area contributed by atoms with Crippen LogP contribution in [0.1, 0.15) is 30.1 Å². The van der Waals surface area contributed by atoms with E-state index in [1.807, 2.05) is 6.92 Å². The summed E-state index contributed by atoms with van der Waals surface area (Å²) in [5.74, 6) is -1.62. The van der Waals surface area contributed by atoms with Crippen LogP contribution in [0, 0.1) is 5.82 Å². The number of amides is 1. The number of likely N-dealkylation sites (N-methyl/N-ethyl adjacent to an activating group) is 1. The van der Waals surface area contributed by atoms with Gasteiger partial charge in [0.15, 0.2) is 0 Å². The molecule has 1 amide bonds. The predicted octanol–water partition coefficient (Wildman–Crippen LogP) is 2.24. The Morgan fingerprint density at radius 2 is 2.00 bits per heavy atom. The van der Waals surface area contributed by atoms with Crippen molar-refractivity contribution in [1.29, 1.82) is 0 Å². The molecule has 19 heavy (non-hydrogen) atoms. The molecule has 0 N–H and O–H groups in total. The zero-order valence-electron chi connectivity index (χ0n) is 11.2. The molecule has 104 valence electrons. The van der Waals surface area contributed by atoms with Gasteiger partial charge in [0, 0.05) is 7.05 Å². The highest BCUT2D eigenvalue weighted by atomic mass is 19.1. The summed E-state index contributed by atoms with van der Waals surface area (Å²) < 4.78 is 18.4. The van der Waals surface area contributed by atoms with Gasteiger partial charge in [0.1, 0.15) is 12.4 Å². The maximum Gasteiger partial charge on any atom is 0.325 e. The van der Waals surface area contributed by atoms with Crippen LogP contribution < -0.4 is 0 Å². The number of unbranched alkanes of at least 4 members (excludes halogenated alkanes) is 1. The first-order valence-corrected chi connectivity index (χ1v) is 6.22. The average Bonchev–Trinajstić information content (AvgIpc) is 2.38. The molecule has 0 unspecified atom stereocenters. The van der Waals surface area contributed by atoms with Crippen LogP contribution in [-0.4, -0.2) is 37.0 Å². The standard InChI is InChI=1S/C14H18FNO3/c1-3-4-9-19-13(17)10-16(2)14(18)11-7-5-6-8-12(11)15/h5-8H,3-4,9-10H2,1-2H3. The van der Waals surface area contributed by atoms with Crippen LogP contribution in [0.4, 0.5) is 4.39 Å². The SMILES string of the molecule is CCCCOC(=O)CN(C)C(=O)c1ccccc1F. The fourth-order valence-electron chi connectivity index (χ4n) is 1.48. The molecule has 5 heteroatoms. The first kappa shape index (κ1) is 15.1. The number of nitrogens with zero attached hydrogens (tertiary/aromatic N) is 1. The summed E-state index contributed by atoms with van der Waals surface area (Å²) in [7, 11) is 1.44. The average molecular weight is 267 g/mol. The van der Waals surface area contributed by atoms with E-state index in [9.17, 15) is 14.0 Å². The van der Waals surface area contributed by atoms with E-state index in [-0.39, 0.29) is 12.1 Å². The zero-order valence-corrected chi connectivity index (χ0v) is 11.2. The number of carbonyl (C=O) groups is 2. The number of hydrogen-bond donors (Lipinski definition) is 0. The van der Waals surface area contributed by atoms with Crippen LogP contribution in [0.25, 0.3) is 0 Å². The van der Waals surface area contributed by atoms with E-state index < -0.39 is 17.7 Å². The third-order valence-electron chi connectivity index (χ3n) is 2.58. The molecule has 0 aromatic heterocycles. The van der Waals surface area contributed by atoms with Crippen LogP contribution in [0.5, 0.6) is 0 Å². The van der Waals surface area contributed by atoms with Crippen LogP contribution in [-0.2, 0) is 9.53 Å². The van der Waals surface area contributed by atoms with Gasteiger partial charge in [-0.25, -0.2) is 4.39 Å². The van der Waals surface area contributed by atoms with Crippen molar-refractivity contribution < 1.29 is 18.7 Å². The summed E-state index contributed by atoms with van der Waals surface area (Å²) in [6.45, 7) is 2.15. The third kappa shape index (κ3) is 4.69. The van der Waals surface area contributed by atoms with E-state index in [1.165, 1.54) is 25.2 Å². The smallest absolute Gasteiger partial charge is 0.325 e. The van der Waals surface area contributed by atoms with Gasteiger partial charge in [-0.15, -0.1) is 0 Å². The van der Waals surface area contributed by atoms with Gasteiger partial charge >= 0.3 is 5.97 Å². The van der Waals surface area contributed by atoms with Crippen LogP contribution >= 0.6 is 0 Å². The molecule has 1 rings (SSSR count). The Bertz CT molecular complexity index is 448. The first-order valence-electron chi connectivity index (χ1n) is 6.22. The first-order chi connectivity index (χ1) is 9.06. The van der Waals surface area contributed by atoms with E-state index in [0.29, 0.717) is 6.61 Å². The lowest BCUT2D eigenvalue weighted by Gasteiger charge is -2.16. The van der Waals surface area contributed by atoms with Crippen molar-refractivity contribution in [3.05, 3.63) is 35.6 Å². The molecule has 0 aliphatic heterocycles. The van der Waals surface area contributed by atoms with Crippen molar-refractivity contribution in [2.75, 3.05) is 20.2 Å². The van der Waals surface area contributed by atoms with Gasteiger partial charge in [-0.3, -0.25) is 9.59 Å². The monoisotopic (exact) mass is 267 g/mol. The molecule has 0 spiro atoms. The van der Waals surface area contributed by atoms with E-state index >= 15 is 0 Å². The summed E-state index contributed by atoms with van der Waals surface area (Å²) in [5.41, 5.74) is -0.0497. The number of hydrogen-bond acceptors (Lipinski definition) is 3. The molecule has 0 heterocycles. The second-order valence-electron chi connectivity index (χ2n) is 4.22. The van der Waals surface area contributed by atoms with E-state index in [4.69, 9.17) is 4.74 Å². The molecule has 0 saturated heterocycles. The molecule has 0 saturated carbocycles. The van der Waals surface area contributed by atoms with Gasteiger partial charge in [-0.2, -0.15) is 0 Å². The number of carbonyl (C=O) groups excluding carboxylic acids is 2. The zero-order chi connectivity index (χ0) is 14.3.